The van der Waals surface area contributed by atoms with Crippen LogP contribution in [0.3, 0.4) is 0 Å². The maximum atomic E-state index is 10.8. The van der Waals surface area contributed by atoms with Crippen LogP contribution in [0.25, 0.3) is 0 Å². The third-order valence-corrected chi connectivity index (χ3v) is 1.28. The largest absolute Gasteiger partial charge is 0.444 e. The zero-order chi connectivity index (χ0) is 8.91. The molecule has 0 aromatic heterocycles. The van der Waals surface area contributed by atoms with Crippen molar-refractivity contribution in [2.24, 2.45) is 0 Å². The molecule has 0 aliphatic heterocycles. The molecule has 0 heterocycles. The summed E-state index contributed by atoms with van der Waals surface area (Å²) < 4.78 is 4.94. The van der Waals surface area contributed by atoms with Crippen LogP contribution in [-0.4, -0.2) is 25.6 Å². The zero-order valence-electron chi connectivity index (χ0n) is 7.10. The van der Waals surface area contributed by atoms with Gasteiger partial charge in [0.15, 0.2) is 0 Å². The monoisotopic (exact) mass is 173 g/mol. The van der Waals surface area contributed by atoms with Gasteiger partial charge in [-0.1, -0.05) is 6.06 Å². The molecule has 0 rings (SSSR count). The van der Waals surface area contributed by atoms with E-state index >= 15 is 0 Å². The lowest BCUT2D eigenvalue weighted by Gasteiger charge is -2.19. The quantitative estimate of drug-likeness (QED) is 0.503. The molecule has 5 heteroatoms. The summed E-state index contributed by atoms with van der Waals surface area (Å²) in [5.41, 5.74) is -0.427. The second-order valence-corrected chi connectivity index (χ2v) is 4.02. The molecule has 2 radical (unpaired) electrons. The summed E-state index contributed by atoms with van der Waals surface area (Å²) in [5.74, 6) is 0. The van der Waals surface area contributed by atoms with Gasteiger partial charge in [-0.05, 0) is 29.5 Å². The van der Waals surface area contributed by atoms with Crippen molar-refractivity contribution in [3.05, 3.63) is 0 Å². The van der Waals surface area contributed by atoms with Gasteiger partial charge in [-0.2, -0.15) is 0 Å². The lowest BCUT2D eigenvalue weighted by atomic mass is 10.2. The fraction of sp³-hybridized carbons (Fsp3) is 0.833. The molecule has 0 aliphatic rings. The van der Waals surface area contributed by atoms with E-state index < -0.39 is 11.7 Å². The molecule has 0 bridgehead atoms. The molecule has 3 nitrogen and oxygen atoms in total. The van der Waals surface area contributed by atoms with Crippen molar-refractivity contribution >= 4 is 22.7 Å². The average molecular weight is 173 g/mol. The van der Waals surface area contributed by atoms with Gasteiger partial charge in [-0.3, -0.25) is 0 Å². The number of hydrogen-bond donors (Lipinski definition) is 1. The second kappa shape index (κ2) is 4.60. The first-order chi connectivity index (χ1) is 4.95. The maximum Gasteiger partial charge on any atom is 0.410 e. The number of ether oxygens (including phenoxy) is 1. The molecular weight excluding hydrogens is 160 g/mol. The van der Waals surface area contributed by atoms with E-state index in [2.05, 4.69) is 5.09 Å². The van der Waals surface area contributed by atoms with E-state index in [1.165, 1.54) is 0 Å². The summed E-state index contributed by atoms with van der Waals surface area (Å²) in [6, 6.07) is 0.458. The fourth-order valence-corrected chi connectivity index (χ4v) is 0.724. The zero-order valence-corrected chi connectivity index (χ0v) is 8.10. The molecule has 0 saturated heterocycles. The van der Waals surface area contributed by atoms with E-state index in [9.17, 15) is 4.79 Å². The van der Waals surface area contributed by atoms with Crippen LogP contribution in [0, 0.1) is 0 Å². The Morgan fingerprint density at radius 2 is 2.18 bits per heavy atom. The van der Waals surface area contributed by atoms with Gasteiger partial charge >= 0.3 is 6.09 Å². The highest BCUT2D eigenvalue weighted by Gasteiger charge is 2.14. The lowest BCUT2D eigenvalue weighted by molar-refractivity contribution is 0.0573. The highest BCUT2D eigenvalue weighted by atomic mass is 31.1. The van der Waals surface area contributed by atoms with Gasteiger partial charge in [0.1, 0.15) is 5.60 Å². The normalized spacial score (nSPS) is 11.9. The van der Waals surface area contributed by atoms with E-state index in [-0.39, 0.29) is 8.73 Å². The third kappa shape index (κ3) is 7.66. The highest BCUT2D eigenvalue weighted by molar-refractivity contribution is 7.38. The molecule has 0 spiro atoms. The Hall–Kier alpha value is -0.235. The van der Waals surface area contributed by atoms with Gasteiger partial charge in [0, 0.05) is 0 Å². The Bertz CT molecular complexity index is 135. The number of amides is 1. The van der Waals surface area contributed by atoms with Gasteiger partial charge in [0.2, 0.25) is 0 Å². The maximum absolute atomic E-state index is 10.8. The summed E-state index contributed by atoms with van der Waals surface area (Å²) in [6.07, 6.45) is -0.402. The fourth-order valence-electron chi connectivity index (χ4n) is 0.427. The predicted molar refractivity (Wildman–Crippen MR) is 48.3 cm³/mol. The summed E-state index contributed by atoms with van der Waals surface area (Å²) in [6.45, 7) is 5.45. The first kappa shape index (κ1) is 10.8. The Balaban J connectivity index is 3.53. The molecule has 0 saturated carbocycles. The SMILES string of the molecule is [B]CPNC(=O)OC(C)(C)C. The Labute approximate surface area is 70.5 Å². The van der Waals surface area contributed by atoms with Gasteiger partial charge in [0.05, 0.1) is 7.85 Å². The smallest absolute Gasteiger partial charge is 0.410 e. The third-order valence-electron chi connectivity index (χ3n) is 0.691. The number of carbonyl (C=O) groups excluding carboxylic acids is 1. The molecule has 0 fully saturated rings. The minimum absolute atomic E-state index is 0.234. The van der Waals surface area contributed by atoms with Crippen molar-refractivity contribution in [3.8, 4) is 0 Å². The van der Waals surface area contributed by atoms with Gasteiger partial charge in [0.25, 0.3) is 0 Å². The summed E-state index contributed by atoms with van der Waals surface area (Å²) in [7, 11) is 5.42. The number of rotatable bonds is 2. The van der Waals surface area contributed by atoms with Crippen molar-refractivity contribution in [2.45, 2.75) is 26.4 Å². The van der Waals surface area contributed by atoms with Crippen molar-refractivity contribution in [1.29, 1.82) is 0 Å². The van der Waals surface area contributed by atoms with E-state index in [0.717, 1.165) is 0 Å². The van der Waals surface area contributed by atoms with Crippen LogP contribution >= 0.6 is 8.73 Å². The van der Waals surface area contributed by atoms with Crippen molar-refractivity contribution in [3.63, 3.8) is 0 Å². The molecule has 0 aromatic carbocycles. The number of hydrogen-bond acceptors (Lipinski definition) is 2. The molecule has 0 aromatic rings. The van der Waals surface area contributed by atoms with E-state index in [1.54, 1.807) is 0 Å². The first-order valence-corrected chi connectivity index (χ1v) is 4.58. The lowest BCUT2D eigenvalue weighted by Crippen LogP contribution is -2.28. The predicted octanol–water partition coefficient (Wildman–Crippen LogP) is 1.23. The van der Waals surface area contributed by atoms with Crippen LogP contribution in [0.15, 0.2) is 0 Å². The Kier molecular flexibility index (Phi) is 4.51. The van der Waals surface area contributed by atoms with Gasteiger partial charge in [-0.25, -0.2) is 4.79 Å². The van der Waals surface area contributed by atoms with Crippen LogP contribution in [-0.2, 0) is 4.74 Å². The van der Waals surface area contributed by atoms with Crippen LogP contribution in [0.5, 0.6) is 0 Å². The van der Waals surface area contributed by atoms with Gasteiger partial charge < -0.3 is 9.82 Å². The summed E-state index contributed by atoms with van der Waals surface area (Å²) in [5, 5.41) is 2.53. The highest BCUT2D eigenvalue weighted by Crippen LogP contribution is 2.08. The minimum Gasteiger partial charge on any atom is -0.444 e. The minimum atomic E-state index is -0.427. The molecule has 1 amide bonds. The topological polar surface area (TPSA) is 38.3 Å². The second-order valence-electron chi connectivity index (χ2n) is 3.01. The molecule has 1 unspecified atom stereocenters. The van der Waals surface area contributed by atoms with Crippen molar-refractivity contribution < 1.29 is 9.53 Å². The van der Waals surface area contributed by atoms with Crippen LogP contribution < -0.4 is 5.09 Å². The molecule has 11 heavy (non-hydrogen) atoms. The van der Waals surface area contributed by atoms with Crippen LogP contribution in [0.4, 0.5) is 4.79 Å². The number of carbonyl (C=O) groups is 1. The summed E-state index contributed by atoms with van der Waals surface area (Å²) in [4.78, 5) is 10.8. The molecular formula is C6H13BNO2P. The van der Waals surface area contributed by atoms with Crippen LogP contribution in [0.2, 0.25) is 0 Å². The van der Waals surface area contributed by atoms with E-state index in [1.807, 2.05) is 20.8 Å². The molecule has 1 atom stereocenters. The van der Waals surface area contributed by atoms with Crippen molar-refractivity contribution in [2.75, 3.05) is 6.06 Å². The van der Waals surface area contributed by atoms with Crippen molar-refractivity contribution in [1.82, 2.24) is 5.09 Å². The average Bonchev–Trinajstić information content (AvgIpc) is 1.79. The molecule has 1 N–H and O–H groups in total. The Morgan fingerprint density at radius 1 is 1.64 bits per heavy atom. The summed E-state index contributed by atoms with van der Waals surface area (Å²) >= 11 is 0. The van der Waals surface area contributed by atoms with E-state index in [4.69, 9.17) is 12.6 Å². The Morgan fingerprint density at radius 3 is 2.55 bits per heavy atom. The number of nitrogens with one attached hydrogen (secondary N) is 1. The van der Waals surface area contributed by atoms with E-state index in [0.29, 0.717) is 6.06 Å². The van der Waals surface area contributed by atoms with Crippen LogP contribution in [0.1, 0.15) is 20.8 Å². The van der Waals surface area contributed by atoms with Gasteiger partial charge in [-0.15, -0.1) is 0 Å². The molecule has 62 valence electrons. The molecule has 0 aliphatic carbocycles. The first-order valence-electron chi connectivity index (χ1n) is 3.37. The standard InChI is InChI=1S/C6H13BNO2P/c1-6(2,3)10-5(9)8-11-4-7/h11H,4H2,1-3H3,(H,8,9).